The molecule has 0 saturated carbocycles. The number of hydrogen-bond donors (Lipinski definition) is 3. The molecule has 0 aromatic heterocycles. The van der Waals surface area contributed by atoms with Gasteiger partial charge in [-0.15, -0.1) is 4.91 Å². The minimum atomic E-state index is -1.16. The number of aromatic hydroxyl groups is 1. The van der Waals surface area contributed by atoms with Crippen molar-refractivity contribution in [2.75, 3.05) is 0 Å². The topological polar surface area (TPSA) is 126 Å². The number of phenolic OH excluding ortho intramolecular Hbond substituents is 1. The van der Waals surface area contributed by atoms with Crippen LogP contribution in [0.25, 0.3) is 10.8 Å². The Morgan fingerprint density at radius 1 is 1.18 bits per heavy atom. The summed E-state index contributed by atoms with van der Waals surface area (Å²) < 4.78 is 11.7. The molecule has 2 aliphatic heterocycles. The third-order valence-corrected chi connectivity index (χ3v) is 6.76. The molecule has 3 N–H and O–H groups in total. The van der Waals surface area contributed by atoms with Crippen LogP contribution in [0.4, 0.5) is 0 Å². The Kier molecular flexibility index (Phi) is 7.42. The number of nitrogens with zero attached hydrogens (tertiary/aromatic N) is 1. The Bertz CT molecular complexity index is 1080. The van der Waals surface area contributed by atoms with Crippen molar-refractivity contribution in [2.24, 2.45) is 5.18 Å². The van der Waals surface area contributed by atoms with E-state index < -0.39 is 30.3 Å². The predicted molar refractivity (Wildman–Crippen MR) is 126 cm³/mol. The highest BCUT2D eigenvalue weighted by Crippen LogP contribution is 2.43. The number of aliphatic hydroxyl groups is 2. The molecule has 8 nitrogen and oxygen atoms in total. The first kappa shape index (κ1) is 24.5. The van der Waals surface area contributed by atoms with Crippen LogP contribution in [0.2, 0.25) is 0 Å². The molecule has 0 radical (unpaired) electrons. The van der Waals surface area contributed by atoms with E-state index in [1.165, 1.54) is 0 Å². The van der Waals surface area contributed by atoms with E-state index in [0.717, 1.165) is 22.8 Å². The normalized spacial score (nSPS) is 29.6. The van der Waals surface area contributed by atoms with Gasteiger partial charge in [0, 0.05) is 23.6 Å². The van der Waals surface area contributed by atoms with E-state index >= 15 is 0 Å². The molecule has 2 aliphatic rings. The van der Waals surface area contributed by atoms with Crippen LogP contribution in [0.15, 0.2) is 47.7 Å². The number of benzene rings is 2. The molecule has 0 aliphatic carbocycles. The van der Waals surface area contributed by atoms with Gasteiger partial charge in [0.1, 0.15) is 11.9 Å². The third kappa shape index (κ3) is 5.20. The first-order valence-corrected chi connectivity index (χ1v) is 11.7. The van der Waals surface area contributed by atoms with Gasteiger partial charge in [0.2, 0.25) is 0 Å². The summed E-state index contributed by atoms with van der Waals surface area (Å²) in [5, 5.41) is 36.0. The molecule has 2 fully saturated rings. The van der Waals surface area contributed by atoms with Gasteiger partial charge in [-0.05, 0) is 55.0 Å². The van der Waals surface area contributed by atoms with E-state index in [9.17, 15) is 25.0 Å². The lowest BCUT2D eigenvalue weighted by Gasteiger charge is -2.33. The van der Waals surface area contributed by atoms with Crippen LogP contribution in [0, 0.1) is 4.91 Å². The number of nitroso groups, excluding NO2 is 1. The van der Waals surface area contributed by atoms with Gasteiger partial charge < -0.3 is 24.8 Å². The summed E-state index contributed by atoms with van der Waals surface area (Å²) in [5.41, 5.74) is 1.89. The van der Waals surface area contributed by atoms with Gasteiger partial charge in [0.05, 0.1) is 30.5 Å². The SMILES string of the molecule is C=C(Cc1cc2ccccc2c(C2CC(O)CC(C(=O)N=O)O2)c1O)CC1O[C@@H](C)CCC1O. The maximum atomic E-state index is 11.9. The fraction of sp³-hybridized carbons (Fsp3) is 0.500. The van der Waals surface area contributed by atoms with Gasteiger partial charge in [0.15, 0.2) is 0 Å². The number of carbonyl (C=O) groups is 1. The van der Waals surface area contributed by atoms with Crippen LogP contribution in [0.5, 0.6) is 5.75 Å². The average Bonchev–Trinajstić information content (AvgIpc) is 2.81. The number of ether oxygens (including phenoxy) is 2. The summed E-state index contributed by atoms with van der Waals surface area (Å²) in [4.78, 5) is 22.6. The average molecular weight is 470 g/mol. The molecule has 182 valence electrons. The van der Waals surface area contributed by atoms with E-state index in [1.54, 1.807) is 0 Å². The Morgan fingerprint density at radius 3 is 2.71 bits per heavy atom. The quantitative estimate of drug-likeness (QED) is 0.433. The number of rotatable bonds is 6. The second kappa shape index (κ2) is 10.3. The smallest absolute Gasteiger partial charge is 0.314 e. The van der Waals surface area contributed by atoms with E-state index in [4.69, 9.17) is 9.47 Å². The first-order valence-electron chi connectivity index (χ1n) is 11.7. The zero-order valence-corrected chi connectivity index (χ0v) is 19.2. The zero-order chi connectivity index (χ0) is 24.4. The van der Waals surface area contributed by atoms with Crippen LogP contribution in [-0.4, -0.2) is 51.7 Å². The Hall–Kier alpha value is -2.65. The molecule has 2 aromatic carbocycles. The van der Waals surface area contributed by atoms with Gasteiger partial charge >= 0.3 is 5.91 Å². The molecular weight excluding hydrogens is 438 g/mol. The Balaban J connectivity index is 1.64. The second-order valence-electron chi connectivity index (χ2n) is 9.45. The van der Waals surface area contributed by atoms with Crippen LogP contribution < -0.4 is 0 Å². The van der Waals surface area contributed by atoms with Crippen molar-refractivity contribution >= 4 is 16.7 Å². The summed E-state index contributed by atoms with van der Waals surface area (Å²) in [7, 11) is 0. The van der Waals surface area contributed by atoms with Crippen molar-refractivity contribution in [3.05, 3.63) is 58.5 Å². The maximum absolute atomic E-state index is 11.9. The van der Waals surface area contributed by atoms with Crippen molar-refractivity contribution in [1.82, 2.24) is 0 Å². The molecule has 34 heavy (non-hydrogen) atoms. The summed E-state index contributed by atoms with van der Waals surface area (Å²) in [5.74, 6) is -0.972. The Morgan fingerprint density at radius 2 is 1.94 bits per heavy atom. The lowest BCUT2D eigenvalue weighted by atomic mass is 9.88. The highest BCUT2D eigenvalue weighted by atomic mass is 16.5. The summed E-state index contributed by atoms with van der Waals surface area (Å²) >= 11 is 0. The number of hydrogen-bond acceptors (Lipinski definition) is 7. The third-order valence-electron chi connectivity index (χ3n) is 6.76. The van der Waals surface area contributed by atoms with Gasteiger partial charge in [0.25, 0.3) is 0 Å². The fourth-order valence-corrected chi connectivity index (χ4v) is 5.05. The van der Waals surface area contributed by atoms with Gasteiger partial charge in [-0.1, -0.05) is 36.4 Å². The van der Waals surface area contributed by atoms with Crippen LogP contribution in [0.3, 0.4) is 0 Å². The van der Waals surface area contributed by atoms with Crippen molar-refractivity contribution in [3.63, 3.8) is 0 Å². The second-order valence-corrected chi connectivity index (χ2v) is 9.45. The molecular formula is C26H31NO7. The number of carbonyl (C=O) groups excluding carboxylic acids is 1. The lowest BCUT2D eigenvalue weighted by molar-refractivity contribution is -0.146. The highest BCUT2D eigenvalue weighted by molar-refractivity contribution is 5.89. The first-order chi connectivity index (χ1) is 16.3. The number of aliphatic hydroxyl groups excluding tert-OH is 2. The highest BCUT2D eigenvalue weighted by Gasteiger charge is 2.36. The van der Waals surface area contributed by atoms with Crippen molar-refractivity contribution in [3.8, 4) is 5.75 Å². The number of fused-ring (bicyclic) bond motifs is 1. The largest absolute Gasteiger partial charge is 0.507 e. The summed E-state index contributed by atoms with van der Waals surface area (Å²) in [6.07, 6.45) is -1.15. The molecule has 2 aromatic rings. The van der Waals surface area contributed by atoms with Gasteiger partial charge in [-0.25, -0.2) is 0 Å². The van der Waals surface area contributed by atoms with E-state index in [1.807, 2.05) is 37.3 Å². The number of phenols is 1. The molecule has 2 saturated heterocycles. The van der Waals surface area contributed by atoms with E-state index in [-0.39, 0.29) is 30.8 Å². The van der Waals surface area contributed by atoms with Gasteiger partial charge in [-0.2, -0.15) is 0 Å². The standard InChI is InChI=1S/C26H31NO7/c1-14(10-21-20(29)8-7-15(2)33-21)9-17-11-16-5-3-4-6-19(16)24(25(17)30)22-12-18(28)13-23(34-22)26(31)27-32/h3-6,11,15,18,20-23,28-30H,1,7-10,12-13H2,2H3/t15-,18?,20?,21?,22?,23?/m0/s1. The molecule has 0 spiro atoms. The minimum Gasteiger partial charge on any atom is -0.507 e. The van der Waals surface area contributed by atoms with Gasteiger partial charge in [-0.3, -0.25) is 4.79 Å². The number of amides is 1. The maximum Gasteiger partial charge on any atom is 0.314 e. The van der Waals surface area contributed by atoms with Crippen molar-refractivity contribution in [2.45, 2.75) is 82.1 Å². The zero-order valence-electron chi connectivity index (χ0n) is 19.2. The summed E-state index contributed by atoms with van der Waals surface area (Å²) in [6.45, 7) is 6.15. The molecule has 8 heteroatoms. The van der Waals surface area contributed by atoms with Crippen molar-refractivity contribution in [1.29, 1.82) is 0 Å². The molecule has 6 atom stereocenters. The monoisotopic (exact) mass is 469 g/mol. The molecule has 1 amide bonds. The van der Waals surface area contributed by atoms with E-state index in [2.05, 4.69) is 11.8 Å². The Labute approximate surface area is 198 Å². The molecule has 0 bridgehead atoms. The summed E-state index contributed by atoms with van der Waals surface area (Å²) in [6, 6.07) is 9.36. The van der Waals surface area contributed by atoms with Crippen LogP contribution >= 0.6 is 0 Å². The van der Waals surface area contributed by atoms with E-state index in [0.29, 0.717) is 30.4 Å². The lowest BCUT2D eigenvalue weighted by Crippen LogP contribution is -2.38. The van der Waals surface area contributed by atoms with Crippen molar-refractivity contribution < 1.29 is 29.6 Å². The molecule has 5 unspecified atom stereocenters. The fourth-order valence-electron chi connectivity index (χ4n) is 5.05. The van der Waals surface area contributed by atoms with Crippen LogP contribution in [0.1, 0.15) is 56.3 Å². The molecule has 4 rings (SSSR count). The molecule has 2 heterocycles. The minimum absolute atomic E-state index is 0.00249. The van der Waals surface area contributed by atoms with Crippen LogP contribution in [-0.2, 0) is 20.7 Å². The predicted octanol–water partition coefficient (Wildman–Crippen LogP) is 3.84.